The standard InChI is InChI=1S/C16H16ClNO3/c1-2-20-14-6-3-12(4-7-14)9-16(19)21-11-13-5-8-15(17)18-10-13/h3-8,10H,2,9,11H2,1H3. The van der Waals surface area contributed by atoms with Crippen molar-refractivity contribution in [1.29, 1.82) is 0 Å². The molecule has 0 spiro atoms. The molecule has 1 aromatic heterocycles. The second-order valence-electron chi connectivity index (χ2n) is 4.40. The van der Waals surface area contributed by atoms with Gasteiger partial charge < -0.3 is 9.47 Å². The van der Waals surface area contributed by atoms with Crippen molar-refractivity contribution in [3.63, 3.8) is 0 Å². The largest absolute Gasteiger partial charge is 0.494 e. The number of pyridine rings is 1. The molecule has 110 valence electrons. The molecule has 4 nitrogen and oxygen atoms in total. The number of benzene rings is 1. The summed E-state index contributed by atoms with van der Waals surface area (Å²) in [4.78, 5) is 15.7. The fourth-order valence-corrected chi connectivity index (χ4v) is 1.86. The van der Waals surface area contributed by atoms with E-state index < -0.39 is 0 Å². The van der Waals surface area contributed by atoms with Crippen molar-refractivity contribution in [3.8, 4) is 5.75 Å². The molecule has 0 saturated heterocycles. The quantitative estimate of drug-likeness (QED) is 0.606. The van der Waals surface area contributed by atoms with Crippen molar-refractivity contribution < 1.29 is 14.3 Å². The van der Waals surface area contributed by atoms with E-state index in [1.807, 2.05) is 31.2 Å². The second-order valence-corrected chi connectivity index (χ2v) is 4.79. The minimum atomic E-state index is -0.283. The van der Waals surface area contributed by atoms with Crippen LogP contribution in [-0.2, 0) is 22.6 Å². The smallest absolute Gasteiger partial charge is 0.310 e. The van der Waals surface area contributed by atoms with Gasteiger partial charge in [0, 0.05) is 11.8 Å². The zero-order valence-electron chi connectivity index (χ0n) is 11.7. The van der Waals surface area contributed by atoms with Crippen LogP contribution in [0, 0.1) is 0 Å². The number of nitrogens with zero attached hydrogens (tertiary/aromatic N) is 1. The topological polar surface area (TPSA) is 48.4 Å². The van der Waals surface area contributed by atoms with Crippen LogP contribution < -0.4 is 4.74 Å². The number of aromatic nitrogens is 1. The highest BCUT2D eigenvalue weighted by atomic mass is 35.5. The minimum absolute atomic E-state index is 0.194. The number of carbonyl (C=O) groups excluding carboxylic acids is 1. The number of ether oxygens (including phenoxy) is 2. The highest BCUT2D eigenvalue weighted by Crippen LogP contribution is 2.13. The first-order valence-corrected chi connectivity index (χ1v) is 7.03. The molecule has 0 unspecified atom stereocenters. The lowest BCUT2D eigenvalue weighted by Crippen LogP contribution is -2.08. The summed E-state index contributed by atoms with van der Waals surface area (Å²) in [6.07, 6.45) is 1.82. The van der Waals surface area contributed by atoms with Crippen molar-refractivity contribution in [2.75, 3.05) is 6.61 Å². The number of rotatable bonds is 6. The predicted molar refractivity (Wildman–Crippen MR) is 80.4 cm³/mol. The second kappa shape index (κ2) is 7.64. The molecule has 2 aromatic rings. The maximum Gasteiger partial charge on any atom is 0.310 e. The van der Waals surface area contributed by atoms with E-state index in [1.165, 1.54) is 0 Å². The maximum atomic E-state index is 11.8. The van der Waals surface area contributed by atoms with Gasteiger partial charge in [0.25, 0.3) is 0 Å². The van der Waals surface area contributed by atoms with Crippen LogP contribution in [0.2, 0.25) is 5.15 Å². The third-order valence-electron chi connectivity index (χ3n) is 2.77. The van der Waals surface area contributed by atoms with Crippen LogP contribution in [-0.4, -0.2) is 17.6 Å². The molecule has 0 saturated carbocycles. The Bertz CT molecular complexity index is 581. The third-order valence-corrected chi connectivity index (χ3v) is 2.99. The maximum absolute atomic E-state index is 11.8. The highest BCUT2D eigenvalue weighted by Gasteiger charge is 2.06. The molecule has 0 aliphatic rings. The summed E-state index contributed by atoms with van der Waals surface area (Å²) in [6.45, 7) is 2.74. The molecular weight excluding hydrogens is 290 g/mol. The molecule has 0 amide bonds. The van der Waals surface area contributed by atoms with Gasteiger partial charge in [-0.25, -0.2) is 4.98 Å². The first-order chi connectivity index (χ1) is 10.2. The van der Waals surface area contributed by atoms with Crippen molar-refractivity contribution in [1.82, 2.24) is 4.98 Å². The average molecular weight is 306 g/mol. The number of carbonyl (C=O) groups is 1. The molecule has 21 heavy (non-hydrogen) atoms. The number of esters is 1. The molecule has 0 N–H and O–H groups in total. The third kappa shape index (κ3) is 5.08. The van der Waals surface area contributed by atoms with E-state index in [9.17, 15) is 4.79 Å². The van der Waals surface area contributed by atoms with Crippen LogP contribution in [0.15, 0.2) is 42.6 Å². The Balaban J connectivity index is 1.82. The molecule has 1 aromatic carbocycles. The molecule has 0 atom stereocenters. The Hall–Kier alpha value is -2.07. The van der Waals surface area contributed by atoms with Crippen LogP contribution in [0.3, 0.4) is 0 Å². The van der Waals surface area contributed by atoms with E-state index >= 15 is 0 Å². The first-order valence-electron chi connectivity index (χ1n) is 6.65. The van der Waals surface area contributed by atoms with E-state index in [2.05, 4.69) is 4.98 Å². The van der Waals surface area contributed by atoms with Gasteiger partial charge >= 0.3 is 5.97 Å². The van der Waals surface area contributed by atoms with Gasteiger partial charge in [-0.15, -0.1) is 0 Å². The molecule has 2 rings (SSSR count). The Morgan fingerprint density at radius 1 is 1.14 bits per heavy atom. The lowest BCUT2D eigenvalue weighted by atomic mass is 10.1. The van der Waals surface area contributed by atoms with Crippen molar-refractivity contribution in [2.24, 2.45) is 0 Å². The summed E-state index contributed by atoms with van der Waals surface area (Å²) in [5.41, 5.74) is 1.69. The van der Waals surface area contributed by atoms with Crippen LogP contribution in [0.1, 0.15) is 18.1 Å². The van der Waals surface area contributed by atoms with Crippen LogP contribution in [0.25, 0.3) is 0 Å². The van der Waals surface area contributed by atoms with E-state index in [-0.39, 0.29) is 19.0 Å². The Morgan fingerprint density at radius 3 is 2.48 bits per heavy atom. The zero-order chi connectivity index (χ0) is 15.1. The van der Waals surface area contributed by atoms with Crippen LogP contribution in [0.4, 0.5) is 0 Å². The van der Waals surface area contributed by atoms with Gasteiger partial charge in [0.1, 0.15) is 17.5 Å². The molecule has 0 fully saturated rings. The number of halogens is 1. The molecule has 0 bridgehead atoms. The van der Waals surface area contributed by atoms with Crippen molar-refractivity contribution >= 4 is 17.6 Å². The predicted octanol–water partition coefficient (Wildman–Crippen LogP) is 3.42. The van der Waals surface area contributed by atoms with E-state index in [4.69, 9.17) is 21.1 Å². The number of hydrogen-bond donors (Lipinski definition) is 0. The van der Waals surface area contributed by atoms with Gasteiger partial charge in [-0.1, -0.05) is 29.8 Å². The van der Waals surface area contributed by atoms with Crippen LogP contribution >= 0.6 is 11.6 Å². The molecule has 0 aliphatic carbocycles. The summed E-state index contributed by atoms with van der Waals surface area (Å²) in [7, 11) is 0. The minimum Gasteiger partial charge on any atom is -0.494 e. The van der Waals surface area contributed by atoms with E-state index in [0.717, 1.165) is 16.9 Å². The van der Waals surface area contributed by atoms with Gasteiger partial charge in [0.15, 0.2) is 0 Å². The molecule has 5 heteroatoms. The highest BCUT2D eigenvalue weighted by molar-refractivity contribution is 6.29. The van der Waals surface area contributed by atoms with E-state index in [1.54, 1.807) is 18.3 Å². The lowest BCUT2D eigenvalue weighted by molar-refractivity contribution is -0.144. The number of hydrogen-bond acceptors (Lipinski definition) is 4. The molecule has 1 heterocycles. The Morgan fingerprint density at radius 2 is 1.86 bits per heavy atom. The zero-order valence-corrected chi connectivity index (χ0v) is 12.5. The fraction of sp³-hybridized carbons (Fsp3) is 0.250. The summed E-state index contributed by atoms with van der Waals surface area (Å²) in [6, 6.07) is 10.8. The Labute approximate surface area is 128 Å². The summed E-state index contributed by atoms with van der Waals surface area (Å²) >= 11 is 5.69. The summed E-state index contributed by atoms with van der Waals surface area (Å²) < 4.78 is 10.5. The summed E-state index contributed by atoms with van der Waals surface area (Å²) in [5, 5.41) is 0.416. The first kappa shape index (κ1) is 15.3. The van der Waals surface area contributed by atoms with Crippen molar-refractivity contribution in [3.05, 3.63) is 58.9 Å². The van der Waals surface area contributed by atoms with Gasteiger partial charge in [0.2, 0.25) is 0 Å². The van der Waals surface area contributed by atoms with Gasteiger partial charge in [0.05, 0.1) is 13.0 Å². The normalized spacial score (nSPS) is 10.2. The van der Waals surface area contributed by atoms with Gasteiger partial charge in [-0.2, -0.15) is 0 Å². The lowest BCUT2D eigenvalue weighted by Gasteiger charge is -2.06. The Kier molecular flexibility index (Phi) is 5.58. The summed E-state index contributed by atoms with van der Waals surface area (Å²) in [5.74, 6) is 0.510. The van der Waals surface area contributed by atoms with Crippen LogP contribution in [0.5, 0.6) is 5.75 Å². The molecular formula is C16H16ClNO3. The van der Waals surface area contributed by atoms with Gasteiger partial charge in [-0.05, 0) is 30.7 Å². The SMILES string of the molecule is CCOc1ccc(CC(=O)OCc2ccc(Cl)nc2)cc1. The monoisotopic (exact) mass is 305 g/mol. The molecule has 0 aliphatic heterocycles. The van der Waals surface area contributed by atoms with Gasteiger partial charge in [-0.3, -0.25) is 4.79 Å². The average Bonchev–Trinajstić information content (AvgIpc) is 2.49. The van der Waals surface area contributed by atoms with E-state index in [0.29, 0.717) is 11.8 Å². The van der Waals surface area contributed by atoms with Crippen molar-refractivity contribution in [2.45, 2.75) is 20.0 Å². The fourth-order valence-electron chi connectivity index (χ4n) is 1.74. The molecule has 0 radical (unpaired) electrons.